The molecule has 1 aliphatic carbocycles. The zero-order chi connectivity index (χ0) is 10.9. The number of carbonyl (C=O) groups is 1. The summed E-state index contributed by atoms with van der Waals surface area (Å²) in [7, 11) is 0. The lowest BCUT2D eigenvalue weighted by molar-refractivity contribution is -0.121. The lowest BCUT2D eigenvalue weighted by atomic mass is 10.0. The van der Waals surface area contributed by atoms with E-state index < -0.39 is 0 Å². The fraction of sp³-hybridized carbons (Fsp3) is 0.917. The number of amides is 1. The van der Waals surface area contributed by atoms with Gasteiger partial charge in [-0.1, -0.05) is 13.8 Å². The van der Waals surface area contributed by atoms with Crippen molar-refractivity contribution in [3.05, 3.63) is 0 Å². The molecule has 0 bridgehead atoms. The highest BCUT2D eigenvalue weighted by atomic mass is 35.5. The highest BCUT2D eigenvalue weighted by molar-refractivity contribution is 5.85. The van der Waals surface area contributed by atoms with Crippen molar-refractivity contribution in [3.63, 3.8) is 0 Å². The molecule has 1 aliphatic heterocycles. The van der Waals surface area contributed by atoms with E-state index in [1.54, 1.807) is 0 Å². The minimum Gasteiger partial charge on any atom is -0.356 e. The molecule has 0 aromatic heterocycles. The van der Waals surface area contributed by atoms with Crippen molar-refractivity contribution in [3.8, 4) is 0 Å². The summed E-state index contributed by atoms with van der Waals surface area (Å²) in [4.78, 5) is 11.6. The van der Waals surface area contributed by atoms with E-state index in [1.807, 2.05) is 0 Å². The first-order chi connectivity index (χ1) is 7.08. The minimum absolute atomic E-state index is 0. The Labute approximate surface area is 104 Å². The maximum absolute atomic E-state index is 11.6. The van der Waals surface area contributed by atoms with Crippen LogP contribution in [0.1, 0.15) is 33.1 Å². The second-order valence-corrected chi connectivity index (χ2v) is 5.76. The Hall–Kier alpha value is -0.280. The molecule has 2 aliphatic rings. The molecule has 0 radical (unpaired) electrons. The lowest BCUT2D eigenvalue weighted by Crippen LogP contribution is -2.28. The number of carbonyl (C=O) groups excluding carboxylic acids is 1. The van der Waals surface area contributed by atoms with Crippen LogP contribution < -0.4 is 10.6 Å². The van der Waals surface area contributed by atoms with E-state index in [4.69, 9.17) is 0 Å². The summed E-state index contributed by atoms with van der Waals surface area (Å²) in [5.41, 5.74) is 0.474. The van der Waals surface area contributed by atoms with Gasteiger partial charge in [-0.2, -0.15) is 0 Å². The third-order valence-electron chi connectivity index (χ3n) is 3.90. The van der Waals surface area contributed by atoms with E-state index in [-0.39, 0.29) is 18.3 Å². The van der Waals surface area contributed by atoms with Crippen LogP contribution >= 0.6 is 12.4 Å². The standard InChI is InChI=1S/C12H22N2O.ClH/c1-12(2)6-10(12)8-14-11(15)5-9-3-4-13-7-9;/h9-10,13H,3-8H2,1-2H3,(H,14,15);1H. The van der Waals surface area contributed by atoms with Crippen molar-refractivity contribution < 1.29 is 4.79 Å². The monoisotopic (exact) mass is 246 g/mol. The molecule has 0 spiro atoms. The molecule has 1 saturated heterocycles. The molecule has 4 heteroatoms. The molecule has 2 unspecified atom stereocenters. The second-order valence-electron chi connectivity index (χ2n) is 5.76. The van der Waals surface area contributed by atoms with E-state index in [1.165, 1.54) is 6.42 Å². The number of nitrogens with one attached hydrogen (secondary N) is 2. The van der Waals surface area contributed by atoms with Gasteiger partial charge in [0.15, 0.2) is 0 Å². The average Bonchev–Trinajstić information content (AvgIpc) is 2.62. The Morgan fingerprint density at radius 1 is 1.50 bits per heavy atom. The van der Waals surface area contributed by atoms with Gasteiger partial charge >= 0.3 is 0 Å². The van der Waals surface area contributed by atoms with E-state index in [0.717, 1.165) is 26.1 Å². The van der Waals surface area contributed by atoms with Crippen LogP contribution in [0.15, 0.2) is 0 Å². The largest absolute Gasteiger partial charge is 0.356 e. The Morgan fingerprint density at radius 3 is 2.69 bits per heavy atom. The molecule has 2 N–H and O–H groups in total. The van der Waals surface area contributed by atoms with Crippen LogP contribution in [0.2, 0.25) is 0 Å². The van der Waals surface area contributed by atoms with Gasteiger partial charge in [0, 0.05) is 13.0 Å². The van der Waals surface area contributed by atoms with Gasteiger partial charge in [-0.15, -0.1) is 12.4 Å². The fourth-order valence-electron chi connectivity index (χ4n) is 2.38. The Kier molecular flexibility index (Phi) is 4.62. The van der Waals surface area contributed by atoms with E-state index in [2.05, 4.69) is 24.5 Å². The molecule has 2 rings (SSSR count). The molecule has 0 aromatic carbocycles. The van der Waals surface area contributed by atoms with Crippen LogP contribution in [0.5, 0.6) is 0 Å². The average molecular weight is 247 g/mol. The van der Waals surface area contributed by atoms with Gasteiger partial charge in [0.05, 0.1) is 0 Å². The zero-order valence-electron chi connectivity index (χ0n) is 10.2. The summed E-state index contributed by atoms with van der Waals surface area (Å²) in [6.07, 6.45) is 3.13. The molecule has 2 fully saturated rings. The molecule has 16 heavy (non-hydrogen) atoms. The SMILES string of the molecule is CC1(C)CC1CNC(=O)CC1CCNC1.Cl. The smallest absolute Gasteiger partial charge is 0.220 e. The molecular weight excluding hydrogens is 224 g/mol. The van der Waals surface area contributed by atoms with Crippen LogP contribution in [0.25, 0.3) is 0 Å². The number of rotatable bonds is 4. The molecule has 94 valence electrons. The van der Waals surface area contributed by atoms with Crippen LogP contribution in [0, 0.1) is 17.3 Å². The van der Waals surface area contributed by atoms with Crippen molar-refractivity contribution in [2.75, 3.05) is 19.6 Å². The van der Waals surface area contributed by atoms with Crippen molar-refractivity contribution >= 4 is 18.3 Å². The Balaban J connectivity index is 0.00000128. The molecule has 3 nitrogen and oxygen atoms in total. The van der Waals surface area contributed by atoms with Crippen LogP contribution in [-0.2, 0) is 4.79 Å². The third-order valence-corrected chi connectivity index (χ3v) is 3.90. The highest BCUT2D eigenvalue weighted by Crippen LogP contribution is 2.50. The van der Waals surface area contributed by atoms with Crippen LogP contribution in [0.4, 0.5) is 0 Å². The second kappa shape index (κ2) is 5.37. The summed E-state index contributed by atoms with van der Waals surface area (Å²) < 4.78 is 0. The topological polar surface area (TPSA) is 41.1 Å². The molecular formula is C12H23ClN2O. The van der Waals surface area contributed by atoms with Crippen molar-refractivity contribution in [2.45, 2.75) is 33.1 Å². The lowest BCUT2D eigenvalue weighted by Gasteiger charge is -2.09. The summed E-state index contributed by atoms with van der Waals surface area (Å²) >= 11 is 0. The maximum atomic E-state index is 11.6. The molecule has 2 atom stereocenters. The summed E-state index contributed by atoms with van der Waals surface area (Å²) in [5.74, 6) is 1.52. The molecule has 0 aromatic rings. The molecule has 1 heterocycles. The molecule has 1 saturated carbocycles. The van der Waals surface area contributed by atoms with Gasteiger partial charge in [-0.3, -0.25) is 4.79 Å². The number of hydrogen-bond acceptors (Lipinski definition) is 2. The highest BCUT2D eigenvalue weighted by Gasteiger charge is 2.45. The third kappa shape index (κ3) is 3.63. The van der Waals surface area contributed by atoms with Crippen LogP contribution in [-0.4, -0.2) is 25.5 Å². The summed E-state index contributed by atoms with van der Waals surface area (Å²) in [6, 6.07) is 0. The van der Waals surface area contributed by atoms with E-state index >= 15 is 0 Å². The first-order valence-electron chi connectivity index (χ1n) is 6.05. The first kappa shape index (κ1) is 13.8. The van der Waals surface area contributed by atoms with Crippen LogP contribution in [0.3, 0.4) is 0 Å². The minimum atomic E-state index is 0. The Morgan fingerprint density at radius 2 is 2.19 bits per heavy atom. The van der Waals surface area contributed by atoms with Gasteiger partial charge in [0.2, 0.25) is 5.91 Å². The van der Waals surface area contributed by atoms with Gasteiger partial charge < -0.3 is 10.6 Å². The predicted octanol–water partition coefficient (Wildman–Crippen LogP) is 1.57. The van der Waals surface area contributed by atoms with Gasteiger partial charge in [-0.25, -0.2) is 0 Å². The van der Waals surface area contributed by atoms with Crippen molar-refractivity contribution in [1.82, 2.24) is 10.6 Å². The zero-order valence-corrected chi connectivity index (χ0v) is 11.0. The quantitative estimate of drug-likeness (QED) is 0.791. The van der Waals surface area contributed by atoms with Gasteiger partial charge in [0.1, 0.15) is 0 Å². The normalized spacial score (nSPS) is 30.6. The summed E-state index contributed by atoms with van der Waals surface area (Å²) in [6.45, 7) is 7.51. The van der Waals surface area contributed by atoms with Gasteiger partial charge in [0.25, 0.3) is 0 Å². The number of halogens is 1. The van der Waals surface area contributed by atoms with E-state index in [9.17, 15) is 4.79 Å². The van der Waals surface area contributed by atoms with E-state index in [0.29, 0.717) is 23.7 Å². The predicted molar refractivity (Wildman–Crippen MR) is 67.7 cm³/mol. The van der Waals surface area contributed by atoms with Crippen molar-refractivity contribution in [2.24, 2.45) is 17.3 Å². The summed E-state index contributed by atoms with van der Waals surface area (Å²) in [5, 5.41) is 6.35. The number of hydrogen-bond donors (Lipinski definition) is 2. The first-order valence-corrected chi connectivity index (χ1v) is 6.05. The Bertz CT molecular complexity index is 249. The maximum Gasteiger partial charge on any atom is 0.220 e. The fourth-order valence-corrected chi connectivity index (χ4v) is 2.38. The van der Waals surface area contributed by atoms with Crippen molar-refractivity contribution in [1.29, 1.82) is 0 Å². The van der Waals surface area contributed by atoms with Gasteiger partial charge in [-0.05, 0) is 43.2 Å². The molecule has 1 amide bonds.